The van der Waals surface area contributed by atoms with Crippen LogP contribution in [0.15, 0.2) is 24.3 Å². The van der Waals surface area contributed by atoms with E-state index in [1.54, 1.807) is 6.92 Å². The maximum Gasteiger partial charge on any atom is 0.333 e. The summed E-state index contributed by atoms with van der Waals surface area (Å²) in [6, 6.07) is 0. The first-order chi connectivity index (χ1) is 12.6. The molecule has 0 aliphatic heterocycles. The van der Waals surface area contributed by atoms with Crippen LogP contribution in [0.25, 0.3) is 0 Å². The van der Waals surface area contributed by atoms with E-state index in [1.807, 2.05) is 0 Å². The average molecular weight is 390 g/mol. The highest BCUT2D eigenvalue weighted by molar-refractivity contribution is 5.95. The van der Waals surface area contributed by atoms with Crippen LogP contribution in [0.2, 0.25) is 0 Å². The molecular formula is C18H30O9. The Balaban J connectivity index is 3.69. The maximum atomic E-state index is 11.2. The van der Waals surface area contributed by atoms with Crippen LogP contribution >= 0.6 is 0 Å². The lowest BCUT2D eigenvalue weighted by Crippen LogP contribution is -2.30. The highest BCUT2D eigenvalue weighted by Gasteiger charge is 2.13. The Labute approximate surface area is 159 Å². The van der Waals surface area contributed by atoms with Gasteiger partial charge in [-0.2, -0.15) is 0 Å². The summed E-state index contributed by atoms with van der Waals surface area (Å²) >= 11 is 0. The molecule has 9 nitrogen and oxygen atoms in total. The van der Waals surface area contributed by atoms with Gasteiger partial charge in [-0.15, -0.1) is 0 Å². The first kappa shape index (κ1) is 25.4. The number of hydrogen-bond donors (Lipinski definition) is 3. The Morgan fingerprint density at radius 1 is 0.741 bits per heavy atom. The third-order valence-corrected chi connectivity index (χ3v) is 3.02. The molecule has 27 heavy (non-hydrogen) atoms. The molecule has 0 rings (SSSR count). The van der Waals surface area contributed by atoms with E-state index in [-0.39, 0.29) is 57.6 Å². The lowest BCUT2D eigenvalue weighted by molar-refractivity contribution is -0.143. The van der Waals surface area contributed by atoms with Crippen molar-refractivity contribution in [2.24, 2.45) is 0 Å². The zero-order valence-corrected chi connectivity index (χ0v) is 15.9. The Kier molecular flexibility index (Phi) is 13.6. The van der Waals surface area contributed by atoms with E-state index in [1.165, 1.54) is 6.92 Å². The number of aliphatic hydroxyl groups excluding tert-OH is 3. The van der Waals surface area contributed by atoms with Crippen molar-refractivity contribution < 1.29 is 43.9 Å². The number of carbonyl (C=O) groups excluding carboxylic acids is 2. The zero-order valence-electron chi connectivity index (χ0n) is 15.9. The lowest BCUT2D eigenvalue weighted by Gasteiger charge is -2.16. The van der Waals surface area contributed by atoms with Crippen LogP contribution in [0.5, 0.6) is 0 Å². The smallest absolute Gasteiger partial charge is 0.333 e. The Morgan fingerprint density at radius 2 is 1.15 bits per heavy atom. The third-order valence-electron chi connectivity index (χ3n) is 3.02. The van der Waals surface area contributed by atoms with Crippen LogP contribution in [-0.2, 0) is 28.5 Å². The summed E-state index contributed by atoms with van der Waals surface area (Å²) in [4.78, 5) is 22.4. The number of Topliss-reactive ketones (excluding diaryl/α,β-unsaturated/α-hetero) is 1. The topological polar surface area (TPSA) is 132 Å². The number of carbonyl (C=O) groups is 2. The number of ether oxygens (including phenoxy) is 4. The highest BCUT2D eigenvalue weighted by atomic mass is 16.6. The van der Waals surface area contributed by atoms with Crippen LogP contribution < -0.4 is 0 Å². The van der Waals surface area contributed by atoms with E-state index in [0.717, 1.165) is 0 Å². The van der Waals surface area contributed by atoms with Gasteiger partial charge in [0.2, 0.25) is 0 Å². The molecule has 0 spiro atoms. The molecule has 0 saturated carbocycles. The largest absolute Gasteiger partial charge is 0.460 e. The number of esters is 1. The normalized spacial score (nSPS) is 14.3. The molecule has 3 unspecified atom stereocenters. The minimum Gasteiger partial charge on any atom is -0.460 e. The molecule has 0 fully saturated rings. The van der Waals surface area contributed by atoms with Gasteiger partial charge in [-0.05, 0) is 19.4 Å². The van der Waals surface area contributed by atoms with Crippen molar-refractivity contribution in [2.75, 3.05) is 46.2 Å². The van der Waals surface area contributed by atoms with Gasteiger partial charge in [0.15, 0.2) is 5.78 Å². The van der Waals surface area contributed by atoms with Gasteiger partial charge < -0.3 is 34.3 Å². The molecular weight excluding hydrogens is 360 g/mol. The second-order valence-corrected chi connectivity index (χ2v) is 6.13. The van der Waals surface area contributed by atoms with Crippen LogP contribution in [0.1, 0.15) is 13.8 Å². The van der Waals surface area contributed by atoms with E-state index in [4.69, 9.17) is 18.9 Å². The van der Waals surface area contributed by atoms with Crippen molar-refractivity contribution in [2.45, 2.75) is 32.2 Å². The van der Waals surface area contributed by atoms with Crippen molar-refractivity contribution in [1.29, 1.82) is 0 Å². The molecule has 0 aliphatic carbocycles. The van der Waals surface area contributed by atoms with Crippen molar-refractivity contribution in [3.63, 3.8) is 0 Å². The molecule has 156 valence electrons. The molecule has 0 bridgehead atoms. The summed E-state index contributed by atoms with van der Waals surface area (Å²) < 4.78 is 20.0. The minimum atomic E-state index is -1.03. The summed E-state index contributed by atoms with van der Waals surface area (Å²) in [5.74, 6) is -0.846. The summed E-state index contributed by atoms with van der Waals surface area (Å²) in [7, 11) is 0. The number of rotatable bonds is 16. The fourth-order valence-electron chi connectivity index (χ4n) is 1.53. The van der Waals surface area contributed by atoms with Gasteiger partial charge in [-0.3, -0.25) is 4.79 Å². The fraction of sp³-hybridized carbons (Fsp3) is 0.667. The summed E-state index contributed by atoms with van der Waals surface area (Å²) in [6.45, 7) is 9.06. The van der Waals surface area contributed by atoms with Crippen LogP contribution in [0.4, 0.5) is 0 Å². The molecule has 0 aromatic heterocycles. The van der Waals surface area contributed by atoms with Gasteiger partial charge >= 0.3 is 5.97 Å². The van der Waals surface area contributed by atoms with E-state index in [0.29, 0.717) is 5.57 Å². The first-order valence-electron chi connectivity index (χ1n) is 8.42. The van der Waals surface area contributed by atoms with Crippen LogP contribution in [0, 0.1) is 0 Å². The van der Waals surface area contributed by atoms with Crippen molar-refractivity contribution in [1.82, 2.24) is 0 Å². The quantitative estimate of drug-likeness (QED) is 0.233. The van der Waals surface area contributed by atoms with Crippen molar-refractivity contribution in [3.05, 3.63) is 24.3 Å². The predicted octanol–water partition coefficient (Wildman–Crippen LogP) is -0.617. The summed E-state index contributed by atoms with van der Waals surface area (Å²) in [6.07, 6.45) is -2.93. The van der Waals surface area contributed by atoms with E-state index < -0.39 is 24.3 Å². The van der Waals surface area contributed by atoms with Gasteiger partial charge in [0.1, 0.15) is 31.5 Å². The Hall–Kier alpha value is -1.62. The molecule has 3 atom stereocenters. The number of ketones is 1. The molecule has 0 aromatic rings. The Bertz CT molecular complexity index is 489. The molecule has 0 heterocycles. The molecule has 0 radical (unpaired) electrons. The van der Waals surface area contributed by atoms with Crippen molar-refractivity contribution in [3.8, 4) is 0 Å². The number of aliphatic hydroxyl groups is 3. The van der Waals surface area contributed by atoms with Crippen molar-refractivity contribution >= 4 is 11.8 Å². The second kappa shape index (κ2) is 14.4. The van der Waals surface area contributed by atoms with Crippen LogP contribution in [0.3, 0.4) is 0 Å². The maximum absolute atomic E-state index is 11.2. The van der Waals surface area contributed by atoms with E-state index in [9.17, 15) is 24.9 Å². The average Bonchev–Trinajstić information content (AvgIpc) is 2.59. The highest BCUT2D eigenvalue weighted by Crippen LogP contribution is 1.97. The molecule has 0 saturated heterocycles. The van der Waals surface area contributed by atoms with Gasteiger partial charge in [-0.25, -0.2) is 4.79 Å². The summed E-state index contributed by atoms with van der Waals surface area (Å²) in [5, 5.41) is 28.9. The van der Waals surface area contributed by atoms with E-state index in [2.05, 4.69) is 13.2 Å². The van der Waals surface area contributed by atoms with E-state index >= 15 is 0 Å². The Morgan fingerprint density at radius 3 is 1.56 bits per heavy atom. The molecule has 0 amide bonds. The monoisotopic (exact) mass is 390 g/mol. The van der Waals surface area contributed by atoms with Crippen LogP contribution in [-0.4, -0.2) is 91.6 Å². The minimum absolute atomic E-state index is 0.0826. The first-order valence-corrected chi connectivity index (χ1v) is 8.42. The third kappa shape index (κ3) is 14.1. The van der Waals surface area contributed by atoms with Gasteiger partial charge in [0.25, 0.3) is 0 Å². The SMILES string of the molecule is C=C(C)C(=O)COCC(O)COCC(O)COCC(O)COC(=O)C(=C)C. The molecule has 0 aromatic carbocycles. The molecule has 9 heteroatoms. The standard InChI is InChI=1S/C18H30O9/c1-12(2)17(22)11-26-8-15(20)7-24-5-14(19)6-25-9-16(21)10-27-18(23)13(3)4/h14-16,19-21H,1,3,5-11H2,2,4H3. The number of hydrogen-bond acceptors (Lipinski definition) is 9. The molecule has 3 N–H and O–H groups in total. The zero-order chi connectivity index (χ0) is 20.8. The predicted molar refractivity (Wildman–Crippen MR) is 96.1 cm³/mol. The van der Waals surface area contributed by atoms with Gasteiger partial charge in [0.05, 0.1) is 33.0 Å². The lowest BCUT2D eigenvalue weighted by atomic mass is 10.2. The second-order valence-electron chi connectivity index (χ2n) is 6.13. The fourth-order valence-corrected chi connectivity index (χ4v) is 1.53. The molecule has 0 aliphatic rings. The van der Waals surface area contributed by atoms with Gasteiger partial charge in [0, 0.05) is 5.57 Å². The van der Waals surface area contributed by atoms with Gasteiger partial charge in [-0.1, -0.05) is 13.2 Å². The summed E-state index contributed by atoms with van der Waals surface area (Å²) in [5.41, 5.74) is 0.605.